The molecule has 0 spiro atoms. The van der Waals surface area contributed by atoms with Crippen LogP contribution in [0.1, 0.15) is 43.0 Å². The van der Waals surface area contributed by atoms with Gasteiger partial charge in [-0.2, -0.15) is 0 Å². The summed E-state index contributed by atoms with van der Waals surface area (Å²) >= 11 is -2.46. The zero-order valence-electron chi connectivity index (χ0n) is 17.5. The minimum absolute atomic E-state index is 0.710. The van der Waals surface area contributed by atoms with Crippen LogP contribution in [0.15, 0.2) is 66.7 Å². The van der Waals surface area contributed by atoms with Gasteiger partial charge in [-0.1, -0.05) is 0 Å². The monoisotopic (exact) mass is 568 g/mol. The number of aryl methyl sites for hydroxylation is 3. The third-order valence-corrected chi connectivity index (χ3v) is 15.9. The summed E-state index contributed by atoms with van der Waals surface area (Å²) in [4.78, 5) is 0. The van der Waals surface area contributed by atoms with Gasteiger partial charge in [-0.25, -0.2) is 0 Å². The maximum absolute atomic E-state index is 5.88. The first-order chi connectivity index (χ1) is 13.7. The Morgan fingerprint density at radius 3 is 1.75 bits per heavy atom. The molecule has 0 aliphatic rings. The van der Waals surface area contributed by atoms with Crippen LogP contribution in [0.2, 0.25) is 0 Å². The van der Waals surface area contributed by atoms with E-state index >= 15 is 0 Å². The molecule has 3 aromatic carbocycles. The predicted octanol–water partition coefficient (Wildman–Crippen LogP) is 4.17. The average Bonchev–Trinajstić information content (AvgIpc) is 2.74. The summed E-state index contributed by atoms with van der Waals surface area (Å²) < 4.78 is 10.7. The quantitative estimate of drug-likeness (QED) is 0.371. The van der Waals surface area contributed by atoms with Crippen molar-refractivity contribution < 1.29 is 4.74 Å². The van der Waals surface area contributed by atoms with Gasteiger partial charge in [-0.15, -0.1) is 0 Å². The molecule has 2 heteroatoms. The van der Waals surface area contributed by atoms with E-state index < -0.39 is 21.8 Å². The second-order valence-electron chi connectivity index (χ2n) is 7.07. The molecule has 0 saturated heterocycles. The molecule has 0 atom stereocenters. The molecule has 0 aromatic heterocycles. The van der Waals surface area contributed by atoms with Crippen molar-refractivity contribution >= 4 is 31.6 Å². The van der Waals surface area contributed by atoms with Crippen molar-refractivity contribution in [1.29, 1.82) is 0 Å². The Balaban J connectivity index is 2.26. The minimum atomic E-state index is -2.46. The van der Waals surface area contributed by atoms with Gasteiger partial charge in [-0.3, -0.25) is 0 Å². The molecular weight excluding hydrogens is 537 g/mol. The van der Waals surface area contributed by atoms with Gasteiger partial charge in [0, 0.05) is 0 Å². The van der Waals surface area contributed by atoms with Crippen LogP contribution in [0.5, 0.6) is 0 Å². The zero-order valence-corrected chi connectivity index (χ0v) is 21.0. The van der Waals surface area contributed by atoms with Gasteiger partial charge in [-0.05, 0) is 0 Å². The van der Waals surface area contributed by atoms with E-state index in [0.717, 1.165) is 19.4 Å². The summed E-state index contributed by atoms with van der Waals surface area (Å²) in [5.74, 6) is 0. The topological polar surface area (TPSA) is 9.23 Å². The SMILES string of the molecule is CCOCc1cc(C)cc[c]1[Bi]([c]1ccccc1CC)[c]1ccccc1CC. The third-order valence-electron chi connectivity index (χ3n) is 5.16. The normalized spacial score (nSPS) is 11.2. The molecule has 0 unspecified atom stereocenters. The third kappa shape index (κ3) is 4.73. The van der Waals surface area contributed by atoms with Crippen LogP contribution in [0, 0.1) is 6.92 Å². The number of hydrogen-bond acceptors (Lipinski definition) is 1. The molecular formula is C26H31BiO. The van der Waals surface area contributed by atoms with Gasteiger partial charge < -0.3 is 0 Å². The molecule has 0 N–H and O–H groups in total. The number of hydrogen-bond donors (Lipinski definition) is 0. The van der Waals surface area contributed by atoms with Crippen LogP contribution in [-0.4, -0.2) is 28.4 Å². The molecule has 0 aliphatic carbocycles. The summed E-state index contributed by atoms with van der Waals surface area (Å²) in [5, 5.41) is 0. The first-order valence-corrected chi connectivity index (χ1v) is 15.5. The first-order valence-electron chi connectivity index (χ1n) is 10.3. The van der Waals surface area contributed by atoms with Crippen LogP contribution in [0.3, 0.4) is 0 Å². The molecule has 0 fully saturated rings. The number of rotatable bonds is 8. The molecule has 3 rings (SSSR count). The molecule has 28 heavy (non-hydrogen) atoms. The van der Waals surface area contributed by atoms with E-state index in [9.17, 15) is 0 Å². The fourth-order valence-corrected chi connectivity index (χ4v) is 15.1. The number of ether oxygens (including phenoxy) is 1. The Hall–Kier alpha value is -1.50. The Morgan fingerprint density at radius 2 is 1.21 bits per heavy atom. The van der Waals surface area contributed by atoms with Gasteiger partial charge in [0.1, 0.15) is 0 Å². The van der Waals surface area contributed by atoms with Gasteiger partial charge in [0.25, 0.3) is 0 Å². The van der Waals surface area contributed by atoms with E-state index in [4.69, 9.17) is 4.74 Å². The Kier molecular flexibility index (Phi) is 7.83. The van der Waals surface area contributed by atoms with Gasteiger partial charge in [0.2, 0.25) is 0 Å². The summed E-state index contributed by atoms with van der Waals surface area (Å²) in [6.45, 7) is 10.3. The molecule has 0 aliphatic heterocycles. The van der Waals surface area contributed by atoms with Crippen LogP contribution < -0.4 is 9.81 Å². The predicted molar refractivity (Wildman–Crippen MR) is 123 cm³/mol. The molecule has 0 bridgehead atoms. The summed E-state index contributed by atoms with van der Waals surface area (Å²) in [5.41, 5.74) is 5.72. The Morgan fingerprint density at radius 1 is 0.679 bits per heavy atom. The summed E-state index contributed by atoms with van der Waals surface area (Å²) in [7, 11) is 0. The molecule has 146 valence electrons. The van der Waals surface area contributed by atoms with Crippen molar-refractivity contribution in [2.45, 2.75) is 47.1 Å². The Bertz CT molecular complexity index is 868. The van der Waals surface area contributed by atoms with E-state index in [2.05, 4.69) is 94.4 Å². The summed E-state index contributed by atoms with van der Waals surface area (Å²) in [6.07, 6.45) is 2.17. The first kappa shape index (κ1) is 21.2. The average molecular weight is 569 g/mol. The standard InChI is InChI=1S/C10H13O.2C8H9.Bi/c1-3-11-8-10-6-4-5-9(2)7-10;2*1-2-8-6-4-3-5-7-8;/h4-5,7H,3,8H2,1-2H3;2*3-6H,2H2,1H3;. The molecule has 0 amide bonds. The zero-order chi connectivity index (χ0) is 19.9. The molecule has 0 heterocycles. The summed E-state index contributed by atoms with van der Waals surface area (Å²) in [6, 6.07) is 25.3. The number of benzene rings is 3. The van der Waals surface area contributed by atoms with Gasteiger partial charge >= 0.3 is 179 Å². The van der Waals surface area contributed by atoms with E-state index in [1.165, 1.54) is 22.3 Å². The maximum atomic E-state index is 5.88. The van der Waals surface area contributed by atoms with Crippen molar-refractivity contribution in [1.82, 2.24) is 0 Å². The second kappa shape index (κ2) is 10.3. The van der Waals surface area contributed by atoms with E-state index in [1.54, 1.807) is 9.81 Å². The van der Waals surface area contributed by atoms with Crippen LogP contribution in [0.4, 0.5) is 0 Å². The molecule has 3 aromatic rings. The molecule has 0 radical (unpaired) electrons. The van der Waals surface area contributed by atoms with Gasteiger partial charge in [0.05, 0.1) is 0 Å². The molecule has 1 nitrogen and oxygen atoms in total. The molecule has 0 saturated carbocycles. The van der Waals surface area contributed by atoms with Gasteiger partial charge in [0.15, 0.2) is 0 Å². The van der Waals surface area contributed by atoms with Crippen LogP contribution >= 0.6 is 0 Å². The second-order valence-corrected chi connectivity index (χ2v) is 15.3. The van der Waals surface area contributed by atoms with Crippen molar-refractivity contribution in [2.24, 2.45) is 0 Å². The van der Waals surface area contributed by atoms with E-state index in [0.29, 0.717) is 6.61 Å². The van der Waals surface area contributed by atoms with E-state index in [1.807, 2.05) is 0 Å². The van der Waals surface area contributed by atoms with Crippen LogP contribution in [0.25, 0.3) is 0 Å². The van der Waals surface area contributed by atoms with Crippen molar-refractivity contribution in [3.63, 3.8) is 0 Å². The fourth-order valence-electron chi connectivity index (χ4n) is 3.71. The van der Waals surface area contributed by atoms with Crippen molar-refractivity contribution in [2.75, 3.05) is 6.61 Å². The fraction of sp³-hybridized carbons (Fsp3) is 0.308. The van der Waals surface area contributed by atoms with Crippen molar-refractivity contribution in [3.8, 4) is 0 Å². The van der Waals surface area contributed by atoms with Crippen LogP contribution in [-0.2, 0) is 24.2 Å². The van der Waals surface area contributed by atoms with Crippen molar-refractivity contribution in [3.05, 3.63) is 89.0 Å². The Labute approximate surface area is 178 Å². The van der Waals surface area contributed by atoms with E-state index in [-0.39, 0.29) is 0 Å².